The van der Waals surface area contributed by atoms with Crippen LogP contribution in [0.25, 0.3) is 11.3 Å². The molecule has 0 bridgehead atoms. The Hall–Kier alpha value is -2.57. The Morgan fingerprint density at radius 1 is 1.07 bits per heavy atom. The molecule has 1 aromatic heterocycles. The second-order valence-electron chi connectivity index (χ2n) is 6.06. The van der Waals surface area contributed by atoms with Gasteiger partial charge in [-0.1, -0.05) is 24.9 Å². The summed E-state index contributed by atoms with van der Waals surface area (Å²) in [4.78, 5) is 16.5. The Balaban J connectivity index is 1.51. The van der Waals surface area contributed by atoms with Gasteiger partial charge in [-0.2, -0.15) is 0 Å². The Kier molecular flexibility index (Phi) is 7.28. The van der Waals surface area contributed by atoms with E-state index in [1.807, 2.05) is 29.6 Å². The topological polar surface area (TPSA) is 60.5 Å². The number of carbonyl (C=O) groups excluding carboxylic acids is 1. The van der Waals surface area contributed by atoms with E-state index >= 15 is 0 Å². The molecule has 0 unspecified atom stereocenters. The van der Waals surface area contributed by atoms with E-state index in [-0.39, 0.29) is 12.5 Å². The van der Waals surface area contributed by atoms with Crippen LogP contribution >= 0.6 is 22.9 Å². The van der Waals surface area contributed by atoms with E-state index in [2.05, 4.69) is 17.2 Å². The third-order valence-electron chi connectivity index (χ3n) is 3.85. The maximum Gasteiger partial charge on any atom is 0.264 e. The number of thiazole rings is 1. The normalized spacial score (nSPS) is 10.5. The van der Waals surface area contributed by atoms with Gasteiger partial charge >= 0.3 is 0 Å². The fourth-order valence-electron chi connectivity index (χ4n) is 2.36. The van der Waals surface area contributed by atoms with Gasteiger partial charge in [0.05, 0.1) is 12.3 Å². The number of ether oxygens (including phenoxy) is 2. The highest BCUT2D eigenvalue weighted by Crippen LogP contribution is 2.26. The number of amides is 1. The third-order valence-corrected chi connectivity index (χ3v) is 4.86. The van der Waals surface area contributed by atoms with E-state index < -0.39 is 0 Å². The molecule has 1 N–H and O–H groups in total. The van der Waals surface area contributed by atoms with Crippen LogP contribution in [0.3, 0.4) is 0 Å². The van der Waals surface area contributed by atoms with Gasteiger partial charge in [-0.25, -0.2) is 4.98 Å². The van der Waals surface area contributed by atoms with Crippen LogP contribution in [-0.2, 0) is 4.79 Å². The summed E-state index contributed by atoms with van der Waals surface area (Å²) in [5, 5.41) is 5.81. The van der Waals surface area contributed by atoms with Crippen molar-refractivity contribution in [3.63, 3.8) is 0 Å². The molecule has 0 aliphatic heterocycles. The van der Waals surface area contributed by atoms with Crippen molar-refractivity contribution in [1.82, 2.24) is 4.98 Å². The molecule has 7 heteroatoms. The number of hydrogen-bond donors (Lipinski definition) is 1. The smallest absolute Gasteiger partial charge is 0.264 e. The van der Waals surface area contributed by atoms with Gasteiger partial charge in [0.2, 0.25) is 0 Å². The zero-order valence-electron chi connectivity index (χ0n) is 15.5. The Bertz CT molecular complexity index is 895. The molecular weight excluding hydrogens is 396 g/mol. The predicted molar refractivity (Wildman–Crippen MR) is 114 cm³/mol. The van der Waals surface area contributed by atoms with E-state index in [9.17, 15) is 4.79 Å². The highest BCUT2D eigenvalue weighted by molar-refractivity contribution is 7.14. The van der Waals surface area contributed by atoms with Crippen molar-refractivity contribution in [2.45, 2.75) is 19.8 Å². The van der Waals surface area contributed by atoms with Gasteiger partial charge in [0, 0.05) is 16.0 Å². The molecule has 0 atom stereocenters. The van der Waals surface area contributed by atoms with Gasteiger partial charge in [-0.15, -0.1) is 11.3 Å². The maximum atomic E-state index is 12.1. The van der Waals surface area contributed by atoms with E-state index in [0.29, 0.717) is 15.9 Å². The molecule has 0 aliphatic rings. The fraction of sp³-hybridized carbons (Fsp3) is 0.238. The van der Waals surface area contributed by atoms with Crippen molar-refractivity contribution in [3.05, 3.63) is 58.9 Å². The summed E-state index contributed by atoms with van der Waals surface area (Å²) in [6.45, 7) is 2.76. The number of nitrogens with zero attached hydrogens (tertiary/aromatic N) is 1. The first-order valence-electron chi connectivity index (χ1n) is 9.01. The molecule has 0 saturated heterocycles. The number of rotatable bonds is 9. The first-order chi connectivity index (χ1) is 13.6. The van der Waals surface area contributed by atoms with Crippen molar-refractivity contribution < 1.29 is 14.3 Å². The summed E-state index contributed by atoms with van der Waals surface area (Å²) in [6.07, 6.45) is 2.15. The van der Waals surface area contributed by atoms with Crippen LogP contribution in [0.15, 0.2) is 53.9 Å². The lowest BCUT2D eigenvalue weighted by molar-refractivity contribution is -0.118. The second-order valence-corrected chi connectivity index (χ2v) is 7.35. The monoisotopic (exact) mass is 416 g/mol. The molecule has 2 aromatic carbocycles. The van der Waals surface area contributed by atoms with Crippen LogP contribution in [0, 0.1) is 0 Å². The van der Waals surface area contributed by atoms with Crippen LogP contribution in [0.1, 0.15) is 19.8 Å². The summed E-state index contributed by atoms with van der Waals surface area (Å²) in [5.74, 6) is 1.16. The second kappa shape index (κ2) is 10.1. The van der Waals surface area contributed by atoms with E-state index in [0.717, 1.165) is 36.5 Å². The zero-order chi connectivity index (χ0) is 19.8. The first-order valence-corrected chi connectivity index (χ1v) is 10.3. The first kappa shape index (κ1) is 20.2. The van der Waals surface area contributed by atoms with Crippen LogP contribution in [-0.4, -0.2) is 24.1 Å². The largest absolute Gasteiger partial charge is 0.494 e. The van der Waals surface area contributed by atoms with Crippen LogP contribution in [0.5, 0.6) is 11.5 Å². The minimum atomic E-state index is -0.268. The maximum absolute atomic E-state index is 12.1. The van der Waals surface area contributed by atoms with Crippen molar-refractivity contribution >= 4 is 34.0 Å². The molecule has 3 aromatic rings. The van der Waals surface area contributed by atoms with Crippen molar-refractivity contribution in [3.8, 4) is 22.8 Å². The number of anilines is 1. The van der Waals surface area contributed by atoms with Crippen molar-refractivity contribution in [2.75, 3.05) is 18.5 Å². The number of hydrogen-bond acceptors (Lipinski definition) is 5. The zero-order valence-corrected chi connectivity index (χ0v) is 17.1. The fourth-order valence-corrected chi connectivity index (χ4v) is 3.22. The number of halogens is 1. The lowest BCUT2D eigenvalue weighted by Crippen LogP contribution is -2.20. The van der Waals surface area contributed by atoms with Gasteiger partial charge in [-0.05, 0) is 55.0 Å². The molecule has 28 heavy (non-hydrogen) atoms. The highest BCUT2D eigenvalue weighted by atomic mass is 35.5. The summed E-state index contributed by atoms with van der Waals surface area (Å²) in [7, 11) is 0. The van der Waals surface area contributed by atoms with Gasteiger partial charge in [-0.3, -0.25) is 10.1 Å². The molecular formula is C21H21ClN2O3S. The van der Waals surface area contributed by atoms with Gasteiger partial charge in [0.1, 0.15) is 11.5 Å². The van der Waals surface area contributed by atoms with Crippen molar-refractivity contribution in [1.29, 1.82) is 0 Å². The van der Waals surface area contributed by atoms with Crippen LogP contribution in [0.2, 0.25) is 5.02 Å². The van der Waals surface area contributed by atoms with E-state index in [1.54, 1.807) is 24.3 Å². The number of unbranched alkanes of at least 4 members (excludes halogenated alkanes) is 1. The van der Waals surface area contributed by atoms with Crippen LogP contribution in [0.4, 0.5) is 5.13 Å². The molecule has 146 valence electrons. The molecule has 0 fully saturated rings. The SMILES string of the molecule is CCCCOc1ccc(-c2csc(NC(=O)COc3ccc(Cl)cc3)n2)cc1. The molecule has 0 radical (unpaired) electrons. The molecule has 0 saturated carbocycles. The Labute approximate surface area is 173 Å². The number of benzene rings is 2. The highest BCUT2D eigenvalue weighted by Gasteiger charge is 2.09. The Morgan fingerprint density at radius 2 is 1.75 bits per heavy atom. The lowest BCUT2D eigenvalue weighted by atomic mass is 10.2. The molecule has 0 spiro atoms. The van der Waals surface area contributed by atoms with Crippen molar-refractivity contribution in [2.24, 2.45) is 0 Å². The minimum absolute atomic E-state index is 0.0969. The van der Waals surface area contributed by atoms with E-state index in [1.165, 1.54) is 11.3 Å². The number of nitrogens with one attached hydrogen (secondary N) is 1. The summed E-state index contributed by atoms with van der Waals surface area (Å²) >= 11 is 7.19. The van der Waals surface area contributed by atoms with Gasteiger partial charge in [0.15, 0.2) is 11.7 Å². The average Bonchev–Trinajstić information content (AvgIpc) is 3.17. The number of carbonyl (C=O) groups is 1. The lowest BCUT2D eigenvalue weighted by Gasteiger charge is -2.06. The van der Waals surface area contributed by atoms with Gasteiger partial charge in [0.25, 0.3) is 5.91 Å². The molecule has 1 heterocycles. The summed E-state index contributed by atoms with van der Waals surface area (Å²) in [5.41, 5.74) is 1.77. The van der Waals surface area contributed by atoms with E-state index in [4.69, 9.17) is 21.1 Å². The average molecular weight is 417 g/mol. The molecule has 1 amide bonds. The van der Waals surface area contributed by atoms with Crippen LogP contribution < -0.4 is 14.8 Å². The third kappa shape index (κ3) is 5.97. The summed E-state index contributed by atoms with van der Waals surface area (Å²) < 4.78 is 11.1. The molecule has 3 rings (SSSR count). The molecule has 5 nitrogen and oxygen atoms in total. The summed E-state index contributed by atoms with van der Waals surface area (Å²) in [6, 6.07) is 14.6. The number of aromatic nitrogens is 1. The quantitative estimate of drug-likeness (QED) is 0.457. The molecule has 0 aliphatic carbocycles. The van der Waals surface area contributed by atoms with Gasteiger partial charge < -0.3 is 9.47 Å². The minimum Gasteiger partial charge on any atom is -0.494 e. The standard InChI is InChI=1S/C21H21ClN2O3S/c1-2-3-12-26-17-8-4-15(5-9-17)19-14-28-21(23-19)24-20(25)13-27-18-10-6-16(22)7-11-18/h4-11,14H,2-3,12-13H2,1H3,(H,23,24,25). The predicted octanol–water partition coefficient (Wildman–Crippen LogP) is 5.66. The Morgan fingerprint density at radius 3 is 2.46 bits per heavy atom.